The van der Waals surface area contributed by atoms with Gasteiger partial charge in [-0.1, -0.05) is 43.7 Å². The molecule has 0 aromatic heterocycles. The van der Waals surface area contributed by atoms with Crippen LogP contribution in [0.2, 0.25) is 0 Å². The first-order valence-electron chi connectivity index (χ1n) is 8.36. The van der Waals surface area contributed by atoms with E-state index in [-0.39, 0.29) is 13.0 Å². The maximum atomic E-state index is 12.4. The number of hydrazine groups is 1. The minimum absolute atomic E-state index is 0.0135. The van der Waals surface area contributed by atoms with Crippen LogP contribution in [0.4, 0.5) is 9.59 Å². The zero-order valence-electron chi connectivity index (χ0n) is 15.5. The highest BCUT2D eigenvalue weighted by Crippen LogP contribution is 2.14. The summed E-state index contributed by atoms with van der Waals surface area (Å²) < 4.78 is 10.2. The molecular weight excluding hydrogens is 340 g/mol. The van der Waals surface area contributed by atoms with Gasteiger partial charge in [0.15, 0.2) is 6.04 Å². The Labute approximate surface area is 153 Å². The summed E-state index contributed by atoms with van der Waals surface area (Å²) in [5.74, 6) is -1.25. The molecular formula is C18H26N2O6. The lowest BCUT2D eigenvalue weighted by Crippen LogP contribution is -2.56. The molecule has 0 saturated heterocycles. The van der Waals surface area contributed by atoms with Crippen molar-refractivity contribution in [3.8, 4) is 0 Å². The molecule has 8 nitrogen and oxygen atoms in total. The second-order valence-electron chi connectivity index (χ2n) is 6.67. The van der Waals surface area contributed by atoms with Crippen molar-refractivity contribution in [1.29, 1.82) is 0 Å². The lowest BCUT2D eigenvalue weighted by atomic mass is 10.1. The van der Waals surface area contributed by atoms with Crippen molar-refractivity contribution in [3.63, 3.8) is 0 Å². The Bertz CT molecular complexity index is 612. The van der Waals surface area contributed by atoms with Crippen molar-refractivity contribution in [3.05, 3.63) is 35.9 Å². The SMILES string of the molecule is CCC[C@@H](C(=O)O)N(NC(=O)OCc1ccccc1)C(=O)OC(C)(C)C. The lowest BCUT2D eigenvalue weighted by molar-refractivity contribution is -0.144. The van der Waals surface area contributed by atoms with Crippen molar-refractivity contribution in [2.45, 2.75) is 58.8 Å². The Morgan fingerprint density at radius 3 is 2.31 bits per heavy atom. The summed E-state index contributed by atoms with van der Waals surface area (Å²) in [6.07, 6.45) is -1.26. The standard InChI is InChI=1S/C18H26N2O6/c1-5-9-14(15(21)22)20(17(24)26-18(2,3)4)19-16(23)25-12-13-10-7-6-8-11-13/h6-8,10-11,14H,5,9,12H2,1-4H3,(H,19,23)(H,21,22)/t14-/m0/s1. The number of nitrogens with zero attached hydrogens (tertiary/aromatic N) is 1. The minimum atomic E-state index is -1.26. The van der Waals surface area contributed by atoms with E-state index in [9.17, 15) is 19.5 Å². The van der Waals surface area contributed by atoms with Crippen LogP contribution in [0.3, 0.4) is 0 Å². The van der Waals surface area contributed by atoms with E-state index in [1.807, 2.05) is 6.07 Å². The highest BCUT2D eigenvalue weighted by Gasteiger charge is 2.34. The summed E-state index contributed by atoms with van der Waals surface area (Å²) >= 11 is 0. The quantitative estimate of drug-likeness (QED) is 0.748. The summed E-state index contributed by atoms with van der Waals surface area (Å²) in [4.78, 5) is 35.9. The zero-order chi connectivity index (χ0) is 19.7. The second kappa shape index (κ2) is 9.65. The van der Waals surface area contributed by atoms with E-state index >= 15 is 0 Å². The minimum Gasteiger partial charge on any atom is -0.480 e. The van der Waals surface area contributed by atoms with E-state index in [1.165, 1.54) is 0 Å². The molecule has 0 fully saturated rings. The lowest BCUT2D eigenvalue weighted by Gasteiger charge is -2.30. The zero-order valence-corrected chi connectivity index (χ0v) is 15.5. The Hall–Kier alpha value is -2.77. The smallest absolute Gasteiger partial charge is 0.430 e. The molecule has 144 valence electrons. The molecule has 0 aliphatic rings. The Balaban J connectivity index is 2.84. The monoisotopic (exact) mass is 366 g/mol. The van der Waals surface area contributed by atoms with Crippen LogP contribution < -0.4 is 5.43 Å². The number of ether oxygens (including phenoxy) is 2. The van der Waals surface area contributed by atoms with Gasteiger partial charge >= 0.3 is 18.2 Å². The van der Waals surface area contributed by atoms with Crippen molar-refractivity contribution in [1.82, 2.24) is 10.4 Å². The van der Waals surface area contributed by atoms with E-state index in [1.54, 1.807) is 52.0 Å². The molecule has 0 unspecified atom stereocenters. The van der Waals surface area contributed by atoms with E-state index in [2.05, 4.69) is 5.43 Å². The molecule has 2 amide bonds. The number of carbonyl (C=O) groups is 3. The number of hydrogen-bond acceptors (Lipinski definition) is 5. The summed E-state index contributed by atoms with van der Waals surface area (Å²) in [5, 5.41) is 10.1. The average Bonchev–Trinajstić information content (AvgIpc) is 2.55. The number of aliphatic carboxylic acids is 1. The Kier molecular flexibility index (Phi) is 7.89. The van der Waals surface area contributed by atoms with Crippen LogP contribution in [0.15, 0.2) is 30.3 Å². The van der Waals surface area contributed by atoms with Gasteiger partial charge in [0.2, 0.25) is 0 Å². The van der Waals surface area contributed by atoms with Crippen LogP contribution in [-0.2, 0) is 20.9 Å². The number of carbonyl (C=O) groups excluding carboxylic acids is 2. The molecule has 0 bridgehead atoms. The fraction of sp³-hybridized carbons (Fsp3) is 0.500. The first-order valence-corrected chi connectivity index (χ1v) is 8.36. The number of hydrogen-bond donors (Lipinski definition) is 2. The maximum Gasteiger partial charge on any atom is 0.430 e. The van der Waals surface area contributed by atoms with Crippen LogP contribution in [0.5, 0.6) is 0 Å². The molecule has 0 spiro atoms. The molecule has 1 aromatic carbocycles. The van der Waals surface area contributed by atoms with Crippen molar-refractivity contribution in [2.75, 3.05) is 0 Å². The molecule has 2 N–H and O–H groups in total. The summed E-state index contributed by atoms with van der Waals surface area (Å²) in [5.41, 5.74) is 2.10. The maximum absolute atomic E-state index is 12.4. The van der Waals surface area contributed by atoms with E-state index < -0.39 is 29.8 Å². The summed E-state index contributed by atoms with van der Waals surface area (Å²) in [6, 6.07) is 7.71. The van der Waals surface area contributed by atoms with Crippen molar-refractivity contribution >= 4 is 18.2 Å². The number of amides is 2. The summed E-state index contributed by atoms with van der Waals surface area (Å²) in [7, 11) is 0. The molecule has 0 aliphatic heterocycles. The molecule has 0 heterocycles. The fourth-order valence-corrected chi connectivity index (χ4v) is 2.05. The van der Waals surface area contributed by atoms with Gasteiger partial charge in [-0.05, 0) is 32.8 Å². The van der Waals surface area contributed by atoms with Gasteiger partial charge in [0.05, 0.1) is 0 Å². The van der Waals surface area contributed by atoms with E-state index in [4.69, 9.17) is 9.47 Å². The van der Waals surface area contributed by atoms with Crippen LogP contribution in [0.25, 0.3) is 0 Å². The van der Waals surface area contributed by atoms with Gasteiger partial charge in [0.25, 0.3) is 0 Å². The highest BCUT2D eigenvalue weighted by atomic mass is 16.6. The molecule has 26 heavy (non-hydrogen) atoms. The first kappa shape index (κ1) is 21.3. The number of benzene rings is 1. The fourth-order valence-electron chi connectivity index (χ4n) is 2.05. The topological polar surface area (TPSA) is 105 Å². The molecule has 1 aromatic rings. The predicted molar refractivity (Wildman–Crippen MR) is 94.2 cm³/mol. The second-order valence-corrected chi connectivity index (χ2v) is 6.67. The largest absolute Gasteiger partial charge is 0.480 e. The van der Waals surface area contributed by atoms with Crippen LogP contribution >= 0.6 is 0 Å². The molecule has 1 atom stereocenters. The van der Waals surface area contributed by atoms with Gasteiger partial charge in [-0.25, -0.2) is 24.8 Å². The van der Waals surface area contributed by atoms with Crippen LogP contribution in [-0.4, -0.2) is 39.9 Å². The molecule has 0 aliphatic carbocycles. The number of carboxylic acids is 1. The molecule has 0 saturated carbocycles. The predicted octanol–water partition coefficient (Wildman–Crippen LogP) is 3.32. The Morgan fingerprint density at radius 1 is 1.19 bits per heavy atom. The molecule has 0 radical (unpaired) electrons. The van der Waals surface area contributed by atoms with Gasteiger partial charge in [0, 0.05) is 0 Å². The van der Waals surface area contributed by atoms with Gasteiger partial charge in [-0.15, -0.1) is 0 Å². The number of carboxylic acid groups (broad SMARTS) is 1. The van der Waals surface area contributed by atoms with Crippen LogP contribution in [0, 0.1) is 0 Å². The molecule has 8 heteroatoms. The van der Waals surface area contributed by atoms with Gasteiger partial charge < -0.3 is 14.6 Å². The van der Waals surface area contributed by atoms with Crippen LogP contribution in [0.1, 0.15) is 46.1 Å². The van der Waals surface area contributed by atoms with E-state index in [0.717, 1.165) is 5.56 Å². The highest BCUT2D eigenvalue weighted by molar-refractivity contribution is 5.82. The Morgan fingerprint density at radius 2 is 1.81 bits per heavy atom. The number of rotatable bonds is 6. The van der Waals surface area contributed by atoms with Gasteiger partial charge in [-0.3, -0.25) is 0 Å². The van der Waals surface area contributed by atoms with Gasteiger partial charge in [-0.2, -0.15) is 0 Å². The van der Waals surface area contributed by atoms with Crippen molar-refractivity contribution < 1.29 is 29.0 Å². The molecule has 1 rings (SSSR count). The normalized spacial score (nSPS) is 12.0. The third kappa shape index (κ3) is 7.42. The third-order valence-electron chi connectivity index (χ3n) is 3.17. The first-order chi connectivity index (χ1) is 12.1. The van der Waals surface area contributed by atoms with Crippen molar-refractivity contribution in [2.24, 2.45) is 0 Å². The third-order valence-corrected chi connectivity index (χ3v) is 3.17. The van der Waals surface area contributed by atoms with Gasteiger partial charge in [0.1, 0.15) is 12.2 Å². The summed E-state index contributed by atoms with van der Waals surface area (Å²) in [6.45, 7) is 6.70. The average molecular weight is 366 g/mol. The van der Waals surface area contributed by atoms with E-state index in [0.29, 0.717) is 11.4 Å². The number of nitrogens with one attached hydrogen (secondary N) is 1.